The lowest BCUT2D eigenvalue weighted by atomic mass is 9.98. The maximum absolute atomic E-state index is 12.3. The fourth-order valence-corrected chi connectivity index (χ4v) is 2.33. The lowest BCUT2D eigenvalue weighted by Gasteiger charge is -2.35. The Kier molecular flexibility index (Phi) is 6.62. The van der Waals surface area contributed by atoms with Crippen LogP contribution in [0.2, 0.25) is 0 Å². The molecule has 19 heavy (non-hydrogen) atoms. The van der Waals surface area contributed by atoms with Crippen LogP contribution in [0.15, 0.2) is 0 Å². The number of hydrogen-bond donors (Lipinski definition) is 2. The molecule has 6 nitrogen and oxygen atoms in total. The van der Waals surface area contributed by atoms with Crippen molar-refractivity contribution in [3.05, 3.63) is 0 Å². The van der Waals surface area contributed by atoms with Gasteiger partial charge in [0.15, 0.2) is 0 Å². The number of likely N-dealkylation sites (tertiary alicyclic amines) is 1. The summed E-state index contributed by atoms with van der Waals surface area (Å²) < 4.78 is 0. The molecule has 0 aromatic heterocycles. The predicted molar refractivity (Wildman–Crippen MR) is 70.9 cm³/mol. The summed E-state index contributed by atoms with van der Waals surface area (Å²) in [5.41, 5.74) is 0. The number of aliphatic hydroxyl groups excluding tert-OH is 1. The highest BCUT2D eigenvalue weighted by atomic mass is 16.4. The molecule has 1 fully saturated rings. The van der Waals surface area contributed by atoms with Crippen LogP contribution in [0.5, 0.6) is 0 Å². The average Bonchev–Trinajstić information content (AvgIpc) is 2.42. The fourth-order valence-electron chi connectivity index (χ4n) is 2.33. The van der Waals surface area contributed by atoms with Crippen LogP contribution in [0.4, 0.5) is 4.79 Å². The SMILES string of the molecule is CCCCN(CCO)C(=O)N1CCCC(C(=O)O)C1. The van der Waals surface area contributed by atoms with E-state index < -0.39 is 11.9 Å². The minimum Gasteiger partial charge on any atom is -0.481 e. The molecule has 1 unspecified atom stereocenters. The lowest BCUT2D eigenvalue weighted by molar-refractivity contribution is -0.143. The Morgan fingerprint density at radius 3 is 2.68 bits per heavy atom. The van der Waals surface area contributed by atoms with E-state index in [0.717, 1.165) is 19.3 Å². The number of aliphatic hydroxyl groups is 1. The Bertz CT molecular complexity index is 309. The number of carbonyl (C=O) groups is 2. The number of urea groups is 1. The number of carboxylic acid groups (broad SMARTS) is 1. The van der Waals surface area contributed by atoms with E-state index in [1.54, 1.807) is 9.80 Å². The molecule has 0 saturated carbocycles. The van der Waals surface area contributed by atoms with Crippen LogP contribution >= 0.6 is 0 Å². The second kappa shape index (κ2) is 7.99. The summed E-state index contributed by atoms with van der Waals surface area (Å²) in [7, 11) is 0. The molecule has 0 aromatic rings. The second-order valence-electron chi connectivity index (χ2n) is 4.97. The maximum Gasteiger partial charge on any atom is 0.320 e. The zero-order valence-electron chi connectivity index (χ0n) is 11.5. The first kappa shape index (κ1) is 15.8. The topological polar surface area (TPSA) is 81.1 Å². The maximum atomic E-state index is 12.3. The van der Waals surface area contributed by atoms with E-state index in [0.29, 0.717) is 26.1 Å². The zero-order valence-corrected chi connectivity index (χ0v) is 11.5. The molecule has 110 valence electrons. The van der Waals surface area contributed by atoms with E-state index in [2.05, 4.69) is 0 Å². The van der Waals surface area contributed by atoms with E-state index in [9.17, 15) is 9.59 Å². The summed E-state index contributed by atoms with van der Waals surface area (Å²) in [6, 6.07) is -0.145. The molecule has 0 aromatic carbocycles. The Morgan fingerprint density at radius 1 is 1.37 bits per heavy atom. The van der Waals surface area contributed by atoms with Gasteiger partial charge in [-0.3, -0.25) is 4.79 Å². The molecule has 2 amide bonds. The van der Waals surface area contributed by atoms with Crippen molar-refractivity contribution in [2.45, 2.75) is 32.6 Å². The number of carbonyl (C=O) groups excluding carboxylic acids is 1. The van der Waals surface area contributed by atoms with Crippen molar-refractivity contribution < 1.29 is 19.8 Å². The van der Waals surface area contributed by atoms with Crippen molar-refractivity contribution >= 4 is 12.0 Å². The molecule has 6 heteroatoms. The highest BCUT2D eigenvalue weighted by molar-refractivity contribution is 5.76. The Hall–Kier alpha value is -1.30. The molecule has 1 atom stereocenters. The van der Waals surface area contributed by atoms with Crippen molar-refractivity contribution in [3.8, 4) is 0 Å². The Balaban J connectivity index is 2.59. The molecule has 1 saturated heterocycles. The third-order valence-corrected chi connectivity index (χ3v) is 3.46. The molecule has 1 aliphatic heterocycles. The molecule has 1 rings (SSSR count). The van der Waals surface area contributed by atoms with Gasteiger partial charge in [0, 0.05) is 26.2 Å². The minimum absolute atomic E-state index is 0.0638. The fraction of sp³-hybridized carbons (Fsp3) is 0.846. The van der Waals surface area contributed by atoms with Crippen molar-refractivity contribution in [2.75, 3.05) is 32.8 Å². The van der Waals surface area contributed by atoms with Crippen LogP contribution in [-0.2, 0) is 4.79 Å². The number of hydrogen-bond acceptors (Lipinski definition) is 3. The molecule has 2 N–H and O–H groups in total. The second-order valence-corrected chi connectivity index (χ2v) is 4.97. The van der Waals surface area contributed by atoms with Crippen LogP contribution in [-0.4, -0.2) is 64.8 Å². The van der Waals surface area contributed by atoms with Gasteiger partial charge < -0.3 is 20.0 Å². The monoisotopic (exact) mass is 272 g/mol. The van der Waals surface area contributed by atoms with Gasteiger partial charge in [-0.15, -0.1) is 0 Å². The van der Waals surface area contributed by atoms with Gasteiger partial charge in [-0.1, -0.05) is 13.3 Å². The normalized spacial score (nSPS) is 19.3. The Morgan fingerprint density at radius 2 is 2.11 bits per heavy atom. The number of piperidine rings is 1. The summed E-state index contributed by atoms with van der Waals surface area (Å²) in [6.07, 6.45) is 3.23. The first-order chi connectivity index (χ1) is 9.10. The first-order valence-electron chi connectivity index (χ1n) is 6.97. The van der Waals surface area contributed by atoms with E-state index in [-0.39, 0.29) is 19.2 Å². The molecular weight excluding hydrogens is 248 g/mol. The number of nitrogens with zero attached hydrogens (tertiary/aromatic N) is 2. The van der Waals surface area contributed by atoms with Gasteiger partial charge in [0.25, 0.3) is 0 Å². The van der Waals surface area contributed by atoms with Crippen LogP contribution in [0.1, 0.15) is 32.6 Å². The third kappa shape index (κ3) is 4.70. The largest absolute Gasteiger partial charge is 0.481 e. The summed E-state index contributed by atoms with van der Waals surface area (Å²) in [6.45, 7) is 3.80. The number of aliphatic carboxylic acids is 1. The summed E-state index contributed by atoms with van der Waals surface area (Å²) in [5.74, 6) is -1.29. The highest BCUT2D eigenvalue weighted by Crippen LogP contribution is 2.18. The number of unbranched alkanes of at least 4 members (excludes halogenated alkanes) is 1. The van der Waals surface area contributed by atoms with Gasteiger partial charge in [-0.05, 0) is 19.3 Å². The molecule has 0 bridgehead atoms. The highest BCUT2D eigenvalue weighted by Gasteiger charge is 2.30. The van der Waals surface area contributed by atoms with Crippen LogP contribution in [0, 0.1) is 5.92 Å². The quantitative estimate of drug-likeness (QED) is 0.755. The van der Waals surface area contributed by atoms with E-state index in [4.69, 9.17) is 10.2 Å². The third-order valence-electron chi connectivity index (χ3n) is 3.46. The smallest absolute Gasteiger partial charge is 0.320 e. The van der Waals surface area contributed by atoms with Gasteiger partial charge in [-0.2, -0.15) is 0 Å². The number of amides is 2. The average molecular weight is 272 g/mol. The predicted octanol–water partition coefficient (Wildman–Crippen LogP) is 0.997. The molecule has 1 heterocycles. The summed E-state index contributed by atoms with van der Waals surface area (Å²) >= 11 is 0. The lowest BCUT2D eigenvalue weighted by Crippen LogP contribution is -2.49. The Labute approximate surface area is 114 Å². The summed E-state index contributed by atoms with van der Waals surface area (Å²) in [5, 5.41) is 18.0. The minimum atomic E-state index is -0.834. The van der Waals surface area contributed by atoms with Crippen LogP contribution < -0.4 is 0 Å². The first-order valence-corrected chi connectivity index (χ1v) is 6.97. The zero-order chi connectivity index (χ0) is 14.3. The molecule has 0 aliphatic carbocycles. The molecule has 1 aliphatic rings. The van der Waals surface area contributed by atoms with Gasteiger partial charge >= 0.3 is 12.0 Å². The standard InChI is InChI=1S/C13H24N2O4/c1-2-3-6-14(8-9-16)13(19)15-7-4-5-11(10-15)12(17)18/h11,16H,2-10H2,1H3,(H,17,18). The van der Waals surface area contributed by atoms with Crippen molar-refractivity contribution in [3.63, 3.8) is 0 Å². The number of rotatable bonds is 6. The van der Waals surface area contributed by atoms with Crippen molar-refractivity contribution in [2.24, 2.45) is 5.92 Å². The van der Waals surface area contributed by atoms with Gasteiger partial charge in [-0.25, -0.2) is 4.79 Å². The molecule has 0 radical (unpaired) electrons. The van der Waals surface area contributed by atoms with Gasteiger partial charge in [0.2, 0.25) is 0 Å². The van der Waals surface area contributed by atoms with Gasteiger partial charge in [0.05, 0.1) is 12.5 Å². The molecule has 0 spiro atoms. The van der Waals surface area contributed by atoms with E-state index in [1.807, 2.05) is 6.92 Å². The number of carboxylic acids is 1. The molecular formula is C13H24N2O4. The van der Waals surface area contributed by atoms with E-state index >= 15 is 0 Å². The van der Waals surface area contributed by atoms with Gasteiger partial charge in [0.1, 0.15) is 0 Å². The van der Waals surface area contributed by atoms with Crippen molar-refractivity contribution in [1.29, 1.82) is 0 Å². The van der Waals surface area contributed by atoms with Crippen LogP contribution in [0.25, 0.3) is 0 Å². The summed E-state index contributed by atoms with van der Waals surface area (Å²) in [4.78, 5) is 26.5. The van der Waals surface area contributed by atoms with Crippen molar-refractivity contribution in [1.82, 2.24) is 9.80 Å². The van der Waals surface area contributed by atoms with Crippen LogP contribution in [0.3, 0.4) is 0 Å². The van der Waals surface area contributed by atoms with E-state index in [1.165, 1.54) is 0 Å².